The molecule has 2 aromatic rings. The number of benzene rings is 1. The first kappa shape index (κ1) is 10.1. The number of halogens is 1. The molecule has 0 unspecified atom stereocenters. The molecule has 0 aliphatic carbocycles. The van der Waals surface area contributed by atoms with E-state index in [9.17, 15) is 0 Å². The third-order valence-corrected chi connectivity index (χ3v) is 2.50. The highest BCUT2D eigenvalue weighted by Gasteiger charge is 2.03. The summed E-state index contributed by atoms with van der Waals surface area (Å²) in [7, 11) is 1.93. The molecule has 1 aromatic heterocycles. The molecule has 2 rings (SSSR count). The summed E-state index contributed by atoms with van der Waals surface area (Å²) in [6.45, 7) is 2.01. The molecular weight excluding hydrogens is 210 g/mol. The molecule has 1 aromatic carbocycles. The molecule has 0 spiro atoms. The van der Waals surface area contributed by atoms with Crippen LogP contribution in [0.4, 0.5) is 11.6 Å². The monoisotopic (exact) mass is 221 g/mol. The average Bonchev–Trinajstić information content (AvgIpc) is 2.57. The van der Waals surface area contributed by atoms with Crippen LogP contribution in [0.25, 0.3) is 0 Å². The maximum Gasteiger partial charge on any atom is 0.207 e. The Morgan fingerprint density at radius 3 is 2.80 bits per heavy atom. The number of imidazole rings is 1. The molecule has 1 N–H and O–H groups in total. The lowest BCUT2D eigenvalue weighted by atomic mass is 10.2. The Morgan fingerprint density at radius 2 is 2.20 bits per heavy atom. The van der Waals surface area contributed by atoms with Gasteiger partial charge in [0, 0.05) is 19.4 Å². The Labute approximate surface area is 93.7 Å². The molecule has 0 saturated carbocycles. The van der Waals surface area contributed by atoms with Gasteiger partial charge in [0.1, 0.15) is 0 Å². The summed E-state index contributed by atoms with van der Waals surface area (Å²) in [5.41, 5.74) is 2.02. The van der Waals surface area contributed by atoms with Crippen molar-refractivity contribution < 1.29 is 0 Å². The third kappa shape index (κ3) is 2.13. The molecule has 1 heterocycles. The highest BCUT2D eigenvalue weighted by Crippen LogP contribution is 2.25. The standard InChI is InChI=1S/C11H12ClN3/c1-8-3-4-10(9(12)7-8)14-11-13-5-6-15(11)2/h3-7H,1-2H3,(H,13,14). The van der Waals surface area contributed by atoms with Crippen molar-refractivity contribution in [2.24, 2.45) is 7.05 Å². The van der Waals surface area contributed by atoms with Gasteiger partial charge in [-0.1, -0.05) is 17.7 Å². The fourth-order valence-electron chi connectivity index (χ4n) is 1.33. The van der Waals surface area contributed by atoms with Gasteiger partial charge in [-0.05, 0) is 24.6 Å². The molecular formula is C11H12ClN3. The van der Waals surface area contributed by atoms with Crippen molar-refractivity contribution in [2.75, 3.05) is 5.32 Å². The first-order chi connectivity index (χ1) is 7.16. The number of rotatable bonds is 2. The van der Waals surface area contributed by atoms with E-state index in [-0.39, 0.29) is 0 Å². The first-order valence-corrected chi connectivity index (χ1v) is 5.05. The van der Waals surface area contributed by atoms with Gasteiger partial charge in [-0.2, -0.15) is 0 Å². The zero-order chi connectivity index (χ0) is 10.8. The number of anilines is 2. The van der Waals surface area contributed by atoms with E-state index in [1.165, 1.54) is 0 Å². The van der Waals surface area contributed by atoms with Gasteiger partial charge in [-0.3, -0.25) is 0 Å². The summed E-state index contributed by atoms with van der Waals surface area (Å²) < 4.78 is 1.90. The topological polar surface area (TPSA) is 29.9 Å². The highest BCUT2D eigenvalue weighted by molar-refractivity contribution is 6.33. The largest absolute Gasteiger partial charge is 0.324 e. The van der Waals surface area contributed by atoms with Crippen molar-refractivity contribution in [3.63, 3.8) is 0 Å². The van der Waals surface area contributed by atoms with Crippen LogP contribution in [0, 0.1) is 6.92 Å². The number of hydrogen-bond donors (Lipinski definition) is 1. The Hall–Kier alpha value is -1.48. The molecule has 0 bridgehead atoms. The molecule has 0 saturated heterocycles. The van der Waals surface area contributed by atoms with Crippen LogP contribution in [-0.4, -0.2) is 9.55 Å². The Morgan fingerprint density at radius 1 is 1.40 bits per heavy atom. The van der Waals surface area contributed by atoms with E-state index >= 15 is 0 Å². The predicted octanol–water partition coefficient (Wildman–Crippen LogP) is 3.13. The summed E-state index contributed by atoms with van der Waals surface area (Å²) in [5, 5.41) is 3.87. The molecule has 15 heavy (non-hydrogen) atoms. The van der Waals surface area contributed by atoms with Gasteiger partial charge in [-0.15, -0.1) is 0 Å². The minimum absolute atomic E-state index is 0.706. The third-order valence-electron chi connectivity index (χ3n) is 2.19. The lowest BCUT2D eigenvalue weighted by Gasteiger charge is -2.08. The van der Waals surface area contributed by atoms with Gasteiger partial charge in [0.2, 0.25) is 5.95 Å². The zero-order valence-corrected chi connectivity index (χ0v) is 9.42. The average molecular weight is 222 g/mol. The van der Waals surface area contributed by atoms with Crippen molar-refractivity contribution in [3.05, 3.63) is 41.2 Å². The van der Waals surface area contributed by atoms with E-state index in [2.05, 4.69) is 10.3 Å². The maximum atomic E-state index is 6.10. The van der Waals surface area contributed by atoms with Crippen molar-refractivity contribution in [1.29, 1.82) is 0 Å². The molecule has 78 valence electrons. The summed E-state index contributed by atoms with van der Waals surface area (Å²) in [5.74, 6) is 0.778. The van der Waals surface area contributed by atoms with Crippen molar-refractivity contribution in [1.82, 2.24) is 9.55 Å². The second kappa shape index (κ2) is 3.95. The number of nitrogens with zero attached hydrogens (tertiary/aromatic N) is 2. The van der Waals surface area contributed by atoms with E-state index in [1.54, 1.807) is 6.20 Å². The molecule has 0 aliphatic rings. The molecule has 0 amide bonds. The molecule has 0 aliphatic heterocycles. The van der Waals surface area contributed by atoms with Gasteiger partial charge in [-0.25, -0.2) is 4.98 Å². The van der Waals surface area contributed by atoms with Crippen LogP contribution in [0.3, 0.4) is 0 Å². The SMILES string of the molecule is Cc1ccc(Nc2nccn2C)c(Cl)c1. The van der Waals surface area contributed by atoms with Crippen LogP contribution < -0.4 is 5.32 Å². The minimum Gasteiger partial charge on any atom is -0.324 e. The van der Waals surface area contributed by atoms with E-state index in [4.69, 9.17) is 11.6 Å². The fraction of sp³-hybridized carbons (Fsp3) is 0.182. The Kier molecular flexibility index (Phi) is 2.64. The lowest BCUT2D eigenvalue weighted by molar-refractivity contribution is 0.924. The molecule has 0 radical (unpaired) electrons. The van der Waals surface area contributed by atoms with Crippen LogP contribution in [-0.2, 0) is 7.05 Å². The number of nitrogens with one attached hydrogen (secondary N) is 1. The first-order valence-electron chi connectivity index (χ1n) is 4.67. The van der Waals surface area contributed by atoms with Crippen LogP contribution in [0.2, 0.25) is 5.02 Å². The normalized spacial score (nSPS) is 10.3. The number of hydrogen-bond acceptors (Lipinski definition) is 2. The summed E-state index contributed by atoms with van der Waals surface area (Å²) in [6, 6.07) is 5.89. The quantitative estimate of drug-likeness (QED) is 0.845. The molecule has 0 fully saturated rings. The van der Waals surface area contributed by atoms with Crippen LogP contribution in [0.15, 0.2) is 30.6 Å². The van der Waals surface area contributed by atoms with E-state index in [1.807, 2.05) is 42.9 Å². The fourth-order valence-corrected chi connectivity index (χ4v) is 1.61. The van der Waals surface area contributed by atoms with Gasteiger partial charge in [0.25, 0.3) is 0 Å². The van der Waals surface area contributed by atoms with Gasteiger partial charge >= 0.3 is 0 Å². The van der Waals surface area contributed by atoms with Crippen molar-refractivity contribution in [3.8, 4) is 0 Å². The second-order valence-corrected chi connectivity index (χ2v) is 3.88. The minimum atomic E-state index is 0.706. The molecule has 3 nitrogen and oxygen atoms in total. The van der Waals surface area contributed by atoms with Gasteiger partial charge in [0.15, 0.2) is 0 Å². The lowest BCUT2D eigenvalue weighted by Crippen LogP contribution is -1.98. The Bertz CT molecular complexity index is 476. The molecule has 0 atom stereocenters. The highest BCUT2D eigenvalue weighted by atomic mass is 35.5. The zero-order valence-electron chi connectivity index (χ0n) is 8.66. The summed E-state index contributed by atoms with van der Waals surface area (Å²) >= 11 is 6.10. The number of aromatic nitrogens is 2. The number of aryl methyl sites for hydroxylation is 2. The van der Waals surface area contributed by atoms with Crippen LogP contribution >= 0.6 is 11.6 Å². The van der Waals surface area contributed by atoms with Crippen LogP contribution in [0.1, 0.15) is 5.56 Å². The van der Waals surface area contributed by atoms with Gasteiger partial charge in [0.05, 0.1) is 10.7 Å². The van der Waals surface area contributed by atoms with E-state index in [0.29, 0.717) is 5.02 Å². The Balaban J connectivity index is 2.29. The smallest absolute Gasteiger partial charge is 0.207 e. The summed E-state index contributed by atoms with van der Waals surface area (Å²) in [6.07, 6.45) is 3.62. The second-order valence-electron chi connectivity index (χ2n) is 3.47. The van der Waals surface area contributed by atoms with Gasteiger partial charge < -0.3 is 9.88 Å². The summed E-state index contributed by atoms with van der Waals surface area (Å²) in [4.78, 5) is 4.17. The predicted molar refractivity (Wildman–Crippen MR) is 62.7 cm³/mol. The van der Waals surface area contributed by atoms with Crippen LogP contribution in [0.5, 0.6) is 0 Å². The maximum absolute atomic E-state index is 6.10. The van der Waals surface area contributed by atoms with E-state index < -0.39 is 0 Å². The van der Waals surface area contributed by atoms with Crippen molar-refractivity contribution in [2.45, 2.75) is 6.92 Å². The molecule has 4 heteroatoms. The van der Waals surface area contributed by atoms with Crippen molar-refractivity contribution >= 4 is 23.2 Å². The van der Waals surface area contributed by atoms with E-state index in [0.717, 1.165) is 17.2 Å².